The molecule has 0 amide bonds. The number of hydrogen-bond donors (Lipinski definition) is 2. The monoisotopic (exact) mass is 240 g/mol. The first-order valence-corrected chi connectivity index (χ1v) is 6.14. The summed E-state index contributed by atoms with van der Waals surface area (Å²) in [5.74, 6) is -0.427. The summed E-state index contributed by atoms with van der Waals surface area (Å²) in [6, 6.07) is 0. The topological polar surface area (TPSA) is 66.8 Å². The maximum absolute atomic E-state index is 11.6. The Kier molecular flexibility index (Phi) is 3.04. The summed E-state index contributed by atoms with van der Waals surface area (Å²) in [5.41, 5.74) is -1.21. The van der Waals surface area contributed by atoms with Gasteiger partial charge in [-0.15, -0.1) is 0 Å². The minimum absolute atomic E-state index is 0.355. The Morgan fingerprint density at radius 3 is 2.76 bits per heavy atom. The summed E-state index contributed by atoms with van der Waals surface area (Å²) >= 11 is 0. The summed E-state index contributed by atoms with van der Waals surface area (Å²) in [4.78, 5) is 11.6. The molecular formula is C13H20O4. The molecular weight excluding hydrogens is 220 g/mol. The van der Waals surface area contributed by atoms with Gasteiger partial charge in [0.25, 0.3) is 0 Å². The van der Waals surface area contributed by atoms with E-state index in [-0.39, 0.29) is 0 Å². The van der Waals surface area contributed by atoms with Crippen LogP contribution in [0.1, 0.15) is 45.4 Å². The Morgan fingerprint density at radius 2 is 2.12 bits per heavy atom. The quantitative estimate of drug-likeness (QED) is 0.564. The predicted molar refractivity (Wildman–Crippen MR) is 62.3 cm³/mol. The Labute approximate surface area is 101 Å². The molecule has 0 aliphatic heterocycles. The van der Waals surface area contributed by atoms with Crippen LogP contribution in [0.2, 0.25) is 0 Å². The van der Waals surface area contributed by atoms with Crippen LogP contribution < -0.4 is 0 Å². The van der Waals surface area contributed by atoms with Gasteiger partial charge in [0.1, 0.15) is 5.60 Å². The molecule has 4 nitrogen and oxygen atoms in total. The van der Waals surface area contributed by atoms with Crippen LogP contribution in [0.25, 0.3) is 0 Å². The molecule has 2 aliphatic carbocycles. The summed E-state index contributed by atoms with van der Waals surface area (Å²) in [6.45, 7) is 5.16. The van der Waals surface area contributed by atoms with Gasteiger partial charge in [-0.3, -0.25) is 0 Å². The molecule has 17 heavy (non-hydrogen) atoms. The van der Waals surface area contributed by atoms with Crippen LogP contribution >= 0.6 is 0 Å². The summed E-state index contributed by atoms with van der Waals surface area (Å²) in [6.07, 6.45) is 2.88. The van der Waals surface area contributed by atoms with Gasteiger partial charge in [-0.2, -0.15) is 0 Å². The molecule has 0 heterocycles. The molecule has 0 aromatic carbocycles. The molecule has 0 radical (unpaired) electrons. The Hall–Kier alpha value is -0.870. The van der Waals surface area contributed by atoms with E-state index < -0.39 is 23.3 Å². The van der Waals surface area contributed by atoms with Gasteiger partial charge in [0.05, 0.1) is 11.7 Å². The highest BCUT2D eigenvalue weighted by molar-refractivity contribution is 5.87. The summed E-state index contributed by atoms with van der Waals surface area (Å²) < 4.78 is 5.49. The zero-order chi connectivity index (χ0) is 12.7. The maximum Gasteiger partial charge on any atom is 0.333 e. The fourth-order valence-electron chi connectivity index (χ4n) is 3.22. The molecule has 3 unspecified atom stereocenters. The maximum atomic E-state index is 11.6. The van der Waals surface area contributed by atoms with E-state index in [4.69, 9.17) is 4.74 Å². The number of hydrogen-bond acceptors (Lipinski definition) is 4. The van der Waals surface area contributed by atoms with Gasteiger partial charge in [-0.1, -0.05) is 6.58 Å². The summed E-state index contributed by atoms with van der Waals surface area (Å²) in [5, 5.41) is 20.1. The van der Waals surface area contributed by atoms with Crippen LogP contribution in [-0.4, -0.2) is 33.5 Å². The minimum Gasteiger partial charge on any atom is -0.456 e. The van der Waals surface area contributed by atoms with Crippen LogP contribution in [0.3, 0.4) is 0 Å². The third kappa shape index (κ3) is 2.53. The number of fused-ring (bicyclic) bond motifs is 2. The molecule has 0 aromatic rings. The van der Waals surface area contributed by atoms with Crippen LogP contribution in [0.15, 0.2) is 12.2 Å². The lowest BCUT2D eigenvalue weighted by atomic mass is 9.65. The van der Waals surface area contributed by atoms with E-state index in [1.165, 1.54) is 0 Å². The molecule has 0 saturated heterocycles. The summed E-state index contributed by atoms with van der Waals surface area (Å²) in [7, 11) is 0. The van der Waals surface area contributed by atoms with Crippen molar-refractivity contribution in [2.24, 2.45) is 0 Å². The van der Waals surface area contributed by atoms with Crippen molar-refractivity contribution in [1.82, 2.24) is 0 Å². The molecule has 2 N–H and O–H groups in total. The number of carbonyl (C=O) groups excluding carboxylic acids is 1. The molecule has 96 valence electrons. The normalized spacial score (nSPS) is 40.8. The third-order valence-electron chi connectivity index (χ3n) is 3.81. The first kappa shape index (κ1) is 12.6. The van der Waals surface area contributed by atoms with Gasteiger partial charge in [0.15, 0.2) is 0 Å². The van der Waals surface area contributed by atoms with Crippen molar-refractivity contribution >= 4 is 5.97 Å². The van der Waals surface area contributed by atoms with E-state index >= 15 is 0 Å². The van der Waals surface area contributed by atoms with Gasteiger partial charge in [0, 0.05) is 24.8 Å². The lowest BCUT2D eigenvalue weighted by molar-refractivity contribution is -0.195. The van der Waals surface area contributed by atoms with Gasteiger partial charge in [-0.25, -0.2) is 4.79 Å². The van der Waals surface area contributed by atoms with Crippen LogP contribution in [0.4, 0.5) is 0 Å². The number of carbonyl (C=O) groups is 1. The molecule has 2 bridgehead atoms. The molecule has 2 fully saturated rings. The van der Waals surface area contributed by atoms with Crippen molar-refractivity contribution in [1.29, 1.82) is 0 Å². The molecule has 2 saturated carbocycles. The number of rotatable bonds is 2. The molecule has 2 aliphatic rings. The average Bonchev–Trinajstić information content (AvgIpc) is 2.13. The largest absolute Gasteiger partial charge is 0.456 e. The molecule has 4 heteroatoms. The van der Waals surface area contributed by atoms with Gasteiger partial charge in [-0.05, 0) is 26.2 Å². The standard InChI is InChI=1S/C13H20O4/c1-9(2)11(15)17-13-5-3-4-12(16,8-13)6-10(14)7-13/h10,14,16H,1,3-8H2,2H3. The molecule has 3 atom stereocenters. The van der Waals surface area contributed by atoms with E-state index in [0.29, 0.717) is 37.7 Å². The first-order chi connectivity index (χ1) is 7.84. The van der Waals surface area contributed by atoms with Crippen LogP contribution in [0, 0.1) is 0 Å². The molecule has 0 aromatic heterocycles. The Morgan fingerprint density at radius 1 is 1.41 bits per heavy atom. The van der Waals surface area contributed by atoms with Gasteiger partial charge in [0.2, 0.25) is 0 Å². The minimum atomic E-state index is -0.870. The second-order valence-corrected chi connectivity index (χ2v) is 5.67. The second kappa shape index (κ2) is 4.10. The second-order valence-electron chi connectivity index (χ2n) is 5.67. The third-order valence-corrected chi connectivity index (χ3v) is 3.81. The van der Waals surface area contributed by atoms with Crippen molar-refractivity contribution in [3.63, 3.8) is 0 Å². The van der Waals surface area contributed by atoms with Crippen molar-refractivity contribution in [3.8, 4) is 0 Å². The van der Waals surface area contributed by atoms with E-state index in [1.807, 2.05) is 0 Å². The lowest BCUT2D eigenvalue weighted by Gasteiger charge is -2.50. The van der Waals surface area contributed by atoms with Crippen LogP contribution in [-0.2, 0) is 9.53 Å². The van der Waals surface area contributed by atoms with Crippen molar-refractivity contribution in [2.75, 3.05) is 0 Å². The Bertz CT molecular complexity index is 351. The number of aliphatic hydroxyl groups excluding tert-OH is 1. The first-order valence-electron chi connectivity index (χ1n) is 6.14. The van der Waals surface area contributed by atoms with Crippen molar-refractivity contribution < 1.29 is 19.7 Å². The average molecular weight is 240 g/mol. The molecule has 0 spiro atoms. The fourth-order valence-corrected chi connectivity index (χ4v) is 3.22. The number of esters is 1. The smallest absolute Gasteiger partial charge is 0.333 e. The fraction of sp³-hybridized carbons (Fsp3) is 0.769. The van der Waals surface area contributed by atoms with E-state index in [0.717, 1.165) is 6.42 Å². The van der Waals surface area contributed by atoms with E-state index in [9.17, 15) is 15.0 Å². The zero-order valence-corrected chi connectivity index (χ0v) is 10.2. The van der Waals surface area contributed by atoms with E-state index in [2.05, 4.69) is 6.58 Å². The van der Waals surface area contributed by atoms with Crippen molar-refractivity contribution in [2.45, 2.75) is 62.8 Å². The number of aliphatic hydroxyl groups is 2. The zero-order valence-electron chi connectivity index (χ0n) is 10.2. The highest BCUT2D eigenvalue weighted by atomic mass is 16.6. The highest BCUT2D eigenvalue weighted by Gasteiger charge is 2.52. The predicted octanol–water partition coefficient (Wildman–Crippen LogP) is 1.30. The lowest BCUT2D eigenvalue weighted by Crippen LogP contribution is -2.55. The number of ether oxygens (including phenoxy) is 1. The van der Waals surface area contributed by atoms with Crippen molar-refractivity contribution in [3.05, 3.63) is 12.2 Å². The molecule has 2 rings (SSSR count). The van der Waals surface area contributed by atoms with E-state index in [1.54, 1.807) is 6.92 Å². The van der Waals surface area contributed by atoms with Gasteiger partial charge >= 0.3 is 5.97 Å². The highest BCUT2D eigenvalue weighted by Crippen LogP contribution is 2.47. The Balaban J connectivity index is 2.17. The van der Waals surface area contributed by atoms with Gasteiger partial charge < -0.3 is 14.9 Å². The SMILES string of the molecule is C=C(C)C(=O)OC12CCCC(O)(CC(O)C1)C2. The van der Waals surface area contributed by atoms with Crippen LogP contribution in [0.5, 0.6) is 0 Å².